The molecule has 2 aromatic carbocycles. The number of phenolic OH excluding ortho intramolecular Hbond substituents is 1. The fourth-order valence-corrected chi connectivity index (χ4v) is 4.78. The van der Waals surface area contributed by atoms with Gasteiger partial charge in [-0.3, -0.25) is 4.90 Å². The highest BCUT2D eigenvalue weighted by Gasteiger charge is 2.42. The van der Waals surface area contributed by atoms with Crippen molar-refractivity contribution in [1.29, 1.82) is 0 Å². The first-order chi connectivity index (χ1) is 13.7. The quantitative estimate of drug-likeness (QED) is 0.872. The minimum absolute atomic E-state index is 0.0426. The topological polar surface area (TPSA) is 60.4 Å². The Morgan fingerprint density at radius 1 is 1.04 bits per heavy atom. The predicted molar refractivity (Wildman–Crippen MR) is 103 cm³/mol. The third kappa shape index (κ3) is 2.66. The second-order valence-electron chi connectivity index (χ2n) is 7.73. The van der Waals surface area contributed by atoms with E-state index in [2.05, 4.69) is 11.8 Å². The molecular formula is C22H25NO5. The summed E-state index contributed by atoms with van der Waals surface area (Å²) in [4.78, 5) is 2.41. The van der Waals surface area contributed by atoms with Crippen molar-refractivity contribution >= 4 is 0 Å². The average Bonchev–Trinajstić information content (AvgIpc) is 3.38. The number of hydrogen-bond acceptors (Lipinski definition) is 6. The molecule has 5 rings (SSSR count). The normalized spacial score (nSPS) is 26.0. The zero-order valence-corrected chi connectivity index (χ0v) is 16.2. The zero-order valence-electron chi connectivity index (χ0n) is 16.2. The number of methoxy groups -OCH3 is 1. The molecule has 6 nitrogen and oxygen atoms in total. The Kier molecular flexibility index (Phi) is 4.23. The molecule has 1 saturated heterocycles. The summed E-state index contributed by atoms with van der Waals surface area (Å²) in [5.41, 5.74) is 1.86. The van der Waals surface area contributed by atoms with Crippen LogP contribution in [-0.2, 0) is 0 Å². The van der Waals surface area contributed by atoms with Gasteiger partial charge in [0.2, 0.25) is 6.79 Å². The van der Waals surface area contributed by atoms with E-state index in [4.69, 9.17) is 18.9 Å². The molecule has 0 amide bonds. The Labute approximate surface area is 164 Å². The summed E-state index contributed by atoms with van der Waals surface area (Å²) in [5, 5.41) is 10.9. The molecule has 0 radical (unpaired) electrons. The Morgan fingerprint density at radius 3 is 2.54 bits per heavy atom. The second kappa shape index (κ2) is 6.78. The van der Waals surface area contributed by atoms with Crippen molar-refractivity contribution in [3.05, 3.63) is 41.5 Å². The number of ether oxygens (including phenoxy) is 4. The van der Waals surface area contributed by atoms with Crippen LogP contribution in [0.15, 0.2) is 30.3 Å². The molecular weight excluding hydrogens is 358 g/mol. The van der Waals surface area contributed by atoms with Crippen LogP contribution in [0.3, 0.4) is 0 Å². The van der Waals surface area contributed by atoms with E-state index in [1.165, 1.54) is 12.8 Å². The monoisotopic (exact) mass is 383 g/mol. The Balaban J connectivity index is 1.65. The molecule has 3 aliphatic rings. The molecule has 0 unspecified atom stereocenters. The van der Waals surface area contributed by atoms with Crippen LogP contribution in [-0.4, -0.2) is 43.2 Å². The van der Waals surface area contributed by atoms with E-state index in [0.29, 0.717) is 11.5 Å². The molecule has 1 N–H and O–H groups in total. The van der Waals surface area contributed by atoms with Crippen LogP contribution in [0.5, 0.6) is 28.7 Å². The van der Waals surface area contributed by atoms with Gasteiger partial charge >= 0.3 is 0 Å². The first-order valence-corrected chi connectivity index (χ1v) is 9.87. The highest BCUT2D eigenvalue weighted by molar-refractivity contribution is 5.59. The van der Waals surface area contributed by atoms with Gasteiger partial charge < -0.3 is 24.1 Å². The first kappa shape index (κ1) is 17.5. The van der Waals surface area contributed by atoms with Gasteiger partial charge in [0.15, 0.2) is 29.2 Å². The fraction of sp³-hybridized carbons (Fsp3) is 0.455. The number of hydrogen-bond donors (Lipinski definition) is 1. The lowest BCUT2D eigenvalue weighted by atomic mass is 9.77. The van der Waals surface area contributed by atoms with Gasteiger partial charge in [-0.15, -0.1) is 0 Å². The van der Waals surface area contributed by atoms with Crippen LogP contribution in [0.4, 0.5) is 0 Å². The van der Waals surface area contributed by atoms with Crippen LogP contribution in [0, 0.1) is 5.92 Å². The molecule has 3 heterocycles. The van der Waals surface area contributed by atoms with Gasteiger partial charge in [-0.25, -0.2) is 0 Å². The number of fused-ring (bicyclic) bond motifs is 2. The average molecular weight is 383 g/mol. The van der Waals surface area contributed by atoms with Gasteiger partial charge in [0.05, 0.1) is 7.11 Å². The highest BCUT2D eigenvalue weighted by Crippen LogP contribution is 2.52. The number of phenols is 1. The largest absolute Gasteiger partial charge is 0.504 e. The maximum Gasteiger partial charge on any atom is 0.231 e. The summed E-state index contributed by atoms with van der Waals surface area (Å²) in [7, 11) is 1.57. The van der Waals surface area contributed by atoms with Gasteiger partial charge in [-0.2, -0.15) is 0 Å². The molecule has 2 aromatic rings. The molecule has 0 aliphatic carbocycles. The number of likely N-dealkylation sites (tertiary alicyclic amines) is 1. The van der Waals surface area contributed by atoms with Gasteiger partial charge in [-0.05, 0) is 25.0 Å². The number of benzene rings is 2. The van der Waals surface area contributed by atoms with Crippen molar-refractivity contribution in [3.8, 4) is 28.7 Å². The van der Waals surface area contributed by atoms with Crippen molar-refractivity contribution in [3.63, 3.8) is 0 Å². The van der Waals surface area contributed by atoms with Crippen molar-refractivity contribution < 1.29 is 24.1 Å². The molecule has 3 atom stereocenters. The van der Waals surface area contributed by atoms with Crippen molar-refractivity contribution in [2.45, 2.75) is 31.9 Å². The molecule has 6 heteroatoms. The molecule has 28 heavy (non-hydrogen) atoms. The molecule has 3 aliphatic heterocycles. The maximum absolute atomic E-state index is 10.9. The number of nitrogens with zero attached hydrogens (tertiary/aromatic N) is 1. The van der Waals surface area contributed by atoms with Crippen molar-refractivity contribution in [2.24, 2.45) is 5.92 Å². The SMILES string of the molecule is COc1cccc([C@@H]2c3cc4c(cc3O[C@@H](N3CCCC3)[C@H]2C)OCO4)c1O. The summed E-state index contributed by atoms with van der Waals surface area (Å²) in [6.07, 6.45) is 2.33. The lowest BCUT2D eigenvalue weighted by Crippen LogP contribution is -2.47. The summed E-state index contributed by atoms with van der Waals surface area (Å²) in [6.45, 7) is 4.48. The third-order valence-electron chi connectivity index (χ3n) is 6.15. The van der Waals surface area contributed by atoms with E-state index in [9.17, 15) is 5.11 Å². The zero-order chi connectivity index (χ0) is 19.3. The summed E-state index contributed by atoms with van der Waals surface area (Å²) in [6, 6.07) is 9.60. The van der Waals surface area contributed by atoms with E-state index in [0.717, 1.165) is 35.7 Å². The summed E-state index contributed by atoms with van der Waals surface area (Å²) in [5.74, 6) is 3.00. The van der Waals surface area contributed by atoms with Crippen LogP contribution in [0.2, 0.25) is 0 Å². The second-order valence-corrected chi connectivity index (χ2v) is 7.73. The van der Waals surface area contributed by atoms with Crippen LogP contribution in [0.25, 0.3) is 0 Å². The Bertz CT molecular complexity index is 893. The lowest BCUT2D eigenvalue weighted by Gasteiger charge is -2.42. The first-order valence-electron chi connectivity index (χ1n) is 9.87. The van der Waals surface area contributed by atoms with Crippen LogP contribution >= 0.6 is 0 Å². The third-order valence-corrected chi connectivity index (χ3v) is 6.15. The van der Waals surface area contributed by atoms with E-state index < -0.39 is 0 Å². The molecule has 0 bridgehead atoms. The molecule has 148 valence electrons. The maximum atomic E-state index is 10.9. The predicted octanol–water partition coefficient (Wildman–Crippen LogP) is 3.71. The molecule has 0 aromatic heterocycles. The standard InChI is InChI=1S/C22H25NO5/c1-13-20(14-6-5-7-16(25-2)21(14)24)15-10-18-19(27-12-26-18)11-17(15)28-22(13)23-8-3-4-9-23/h5-7,10-11,13,20,22,24H,3-4,8-9,12H2,1-2H3/t13-,20+,22+/m0/s1. The smallest absolute Gasteiger partial charge is 0.231 e. The Morgan fingerprint density at radius 2 is 1.79 bits per heavy atom. The van der Waals surface area contributed by atoms with E-state index in [-0.39, 0.29) is 30.6 Å². The molecule has 1 fully saturated rings. The summed E-state index contributed by atoms with van der Waals surface area (Å²) >= 11 is 0. The van der Waals surface area contributed by atoms with E-state index in [1.807, 2.05) is 24.3 Å². The van der Waals surface area contributed by atoms with E-state index in [1.54, 1.807) is 13.2 Å². The minimum atomic E-state index is -0.0500. The number of aromatic hydroxyl groups is 1. The van der Waals surface area contributed by atoms with Crippen molar-refractivity contribution in [1.82, 2.24) is 4.90 Å². The van der Waals surface area contributed by atoms with Gasteiger partial charge in [0, 0.05) is 42.1 Å². The fourth-order valence-electron chi connectivity index (χ4n) is 4.78. The number of para-hydroxylation sites is 1. The molecule has 0 spiro atoms. The minimum Gasteiger partial charge on any atom is -0.504 e. The van der Waals surface area contributed by atoms with Crippen LogP contribution in [0.1, 0.15) is 36.8 Å². The lowest BCUT2D eigenvalue weighted by molar-refractivity contribution is -0.0180. The molecule has 0 saturated carbocycles. The van der Waals surface area contributed by atoms with Crippen molar-refractivity contribution in [2.75, 3.05) is 27.0 Å². The van der Waals surface area contributed by atoms with Gasteiger partial charge in [-0.1, -0.05) is 19.1 Å². The van der Waals surface area contributed by atoms with E-state index >= 15 is 0 Å². The van der Waals surface area contributed by atoms with Gasteiger partial charge in [0.1, 0.15) is 5.75 Å². The Hall–Kier alpha value is -2.60. The summed E-state index contributed by atoms with van der Waals surface area (Å²) < 4.78 is 23.0. The highest BCUT2D eigenvalue weighted by atomic mass is 16.7. The van der Waals surface area contributed by atoms with Gasteiger partial charge in [0.25, 0.3) is 0 Å². The number of rotatable bonds is 3. The van der Waals surface area contributed by atoms with Crippen LogP contribution < -0.4 is 18.9 Å².